The van der Waals surface area contributed by atoms with E-state index in [0.29, 0.717) is 11.3 Å². The van der Waals surface area contributed by atoms with Crippen molar-refractivity contribution in [3.05, 3.63) is 132 Å². The van der Waals surface area contributed by atoms with Gasteiger partial charge in [0.2, 0.25) is 0 Å². The van der Waals surface area contributed by atoms with Gasteiger partial charge in [0.25, 0.3) is 0 Å². The monoisotopic (exact) mass is 629 g/mol. The molecule has 170 valence electrons. The van der Waals surface area contributed by atoms with Gasteiger partial charge < -0.3 is 15.2 Å². The first-order valence-corrected chi connectivity index (χ1v) is 10.7. The topological polar surface area (TPSA) is 30.2 Å². The molecule has 0 spiro atoms. The van der Waals surface area contributed by atoms with Gasteiger partial charge in [0.15, 0.2) is 0 Å². The molecular formula is C28H20F2IrN3. The number of rotatable bonds is 2. The summed E-state index contributed by atoms with van der Waals surface area (Å²) in [5.41, 5.74) is 5.67. The van der Waals surface area contributed by atoms with Gasteiger partial charge in [-0.2, -0.15) is 41.6 Å². The summed E-state index contributed by atoms with van der Waals surface area (Å²) in [5.74, 6) is -1.90. The molecule has 1 unspecified atom stereocenters. The second kappa shape index (κ2) is 10.7. The molecule has 0 radical (unpaired) electrons. The maximum absolute atomic E-state index is 13.2. The van der Waals surface area contributed by atoms with Crippen molar-refractivity contribution in [3.63, 3.8) is 0 Å². The first kappa shape index (κ1) is 23.8. The molecule has 0 amide bonds. The normalized spacial score (nSPS) is 15.2. The zero-order valence-electron chi connectivity index (χ0n) is 18.1. The molecule has 34 heavy (non-hydrogen) atoms. The second-order valence-corrected chi connectivity index (χ2v) is 7.75. The number of hydrogen-bond donors (Lipinski definition) is 0. The van der Waals surface area contributed by atoms with E-state index in [9.17, 15) is 8.78 Å². The molecule has 0 saturated heterocycles. The molecule has 3 aromatic carbocycles. The Kier molecular flexibility index (Phi) is 7.51. The average Bonchev–Trinajstić information content (AvgIpc) is 3.36. The van der Waals surface area contributed by atoms with E-state index in [1.807, 2.05) is 48.7 Å². The Labute approximate surface area is 211 Å². The van der Waals surface area contributed by atoms with Gasteiger partial charge in [-0.3, -0.25) is 4.39 Å². The third kappa shape index (κ3) is 5.09. The molecule has 6 heteroatoms. The Morgan fingerprint density at radius 3 is 2.56 bits per heavy atom. The third-order valence-electron chi connectivity index (χ3n) is 5.67. The summed E-state index contributed by atoms with van der Waals surface area (Å²) in [6, 6.07) is 27.9. The minimum absolute atomic E-state index is 0. The summed E-state index contributed by atoms with van der Waals surface area (Å²) in [6.45, 7) is 1.08. The van der Waals surface area contributed by atoms with Gasteiger partial charge in [0.05, 0.1) is 11.6 Å². The zero-order chi connectivity index (χ0) is 22.6. The molecule has 0 saturated carbocycles. The Morgan fingerprint density at radius 2 is 1.79 bits per heavy atom. The SMILES string of the molecule is Fc1[c-]c(-c2ccc(-c3ccccc3)cn2)ccc1F.[Ir+3].[c-]1cccc2c1C1[N-]C=CN1CC2. The molecule has 3 nitrogen and oxygen atoms in total. The number of halogens is 2. The van der Waals surface area contributed by atoms with Gasteiger partial charge in [-0.15, -0.1) is 23.8 Å². The van der Waals surface area contributed by atoms with Gasteiger partial charge >= 0.3 is 20.1 Å². The predicted octanol–water partition coefficient (Wildman–Crippen LogP) is 6.69. The van der Waals surface area contributed by atoms with Crippen LogP contribution in [0.2, 0.25) is 0 Å². The quantitative estimate of drug-likeness (QED) is 0.232. The van der Waals surface area contributed by atoms with Crippen LogP contribution in [0.25, 0.3) is 27.7 Å². The molecule has 0 N–H and O–H groups in total. The van der Waals surface area contributed by atoms with E-state index >= 15 is 0 Å². The van der Waals surface area contributed by atoms with Crippen molar-refractivity contribution in [1.82, 2.24) is 9.88 Å². The van der Waals surface area contributed by atoms with E-state index < -0.39 is 11.6 Å². The van der Waals surface area contributed by atoms with Crippen molar-refractivity contribution in [2.45, 2.75) is 12.6 Å². The molecule has 0 fully saturated rings. The number of benzene rings is 3. The van der Waals surface area contributed by atoms with Crippen LogP contribution in [0, 0.1) is 23.8 Å². The molecular weight excluding hydrogens is 609 g/mol. The van der Waals surface area contributed by atoms with Crippen LogP contribution in [0.15, 0.2) is 91.4 Å². The minimum atomic E-state index is -0.989. The maximum atomic E-state index is 13.2. The first-order chi connectivity index (χ1) is 16.2. The van der Waals surface area contributed by atoms with E-state index in [4.69, 9.17) is 0 Å². The number of pyridine rings is 1. The van der Waals surface area contributed by atoms with Crippen molar-refractivity contribution in [3.8, 4) is 22.4 Å². The Bertz CT molecular complexity index is 1280. The molecule has 1 atom stereocenters. The van der Waals surface area contributed by atoms with Crippen LogP contribution in [0.1, 0.15) is 17.3 Å². The van der Waals surface area contributed by atoms with Crippen molar-refractivity contribution >= 4 is 0 Å². The van der Waals surface area contributed by atoms with Crippen LogP contribution in [-0.4, -0.2) is 16.4 Å². The van der Waals surface area contributed by atoms with Gasteiger partial charge in [0, 0.05) is 12.7 Å². The summed E-state index contributed by atoms with van der Waals surface area (Å²) in [6.07, 6.45) is 6.99. The van der Waals surface area contributed by atoms with E-state index in [1.54, 1.807) is 12.3 Å². The van der Waals surface area contributed by atoms with Crippen molar-refractivity contribution in [2.24, 2.45) is 0 Å². The fourth-order valence-electron chi connectivity index (χ4n) is 3.96. The van der Waals surface area contributed by atoms with Crippen molar-refractivity contribution < 1.29 is 28.9 Å². The molecule has 6 rings (SSSR count). The van der Waals surface area contributed by atoms with Crippen molar-refractivity contribution in [2.75, 3.05) is 6.54 Å². The predicted molar refractivity (Wildman–Crippen MR) is 125 cm³/mol. The second-order valence-electron chi connectivity index (χ2n) is 7.75. The molecule has 0 bridgehead atoms. The fraction of sp³-hybridized carbons (Fsp3) is 0.107. The Balaban J connectivity index is 0.000000169. The zero-order valence-corrected chi connectivity index (χ0v) is 20.5. The smallest absolute Gasteiger partial charge is 0.668 e. The summed E-state index contributed by atoms with van der Waals surface area (Å²) in [4.78, 5) is 6.54. The average molecular weight is 629 g/mol. The van der Waals surface area contributed by atoms with E-state index in [1.165, 1.54) is 17.2 Å². The number of hydrogen-bond acceptors (Lipinski definition) is 2. The van der Waals surface area contributed by atoms with Gasteiger partial charge in [-0.1, -0.05) is 48.9 Å². The molecule has 0 aliphatic carbocycles. The maximum Gasteiger partial charge on any atom is 3.00 e. The van der Waals surface area contributed by atoms with E-state index in [2.05, 4.69) is 45.7 Å². The van der Waals surface area contributed by atoms with E-state index in [-0.39, 0.29) is 26.3 Å². The van der Waals surface area contributed by atoms with Gasteiger partial charge in [0.1, 0.15) is 0 Å². The molecule has 2 aliphatic rings. The molecule has 4 aromatic rings. The van der Waals surface area contributed by atoms with Crippen LogP contribution < -0.4 is 0 Å². The first-order valence-electron chi connectivity index (χ1n) is 10.7. The van der Waals surface area contributed by atoms with Crippen LogP contribution in [0.5, 0.6) is 0 Å². The largest absolute Gasteiger partial charge is 3.00 e. The minimum Gasteiger partial charge on any atom is -0.668 e. The van der Waals surface area contributed by atoms with Crippen LogP contribution in [0.3, 0.4) is 0 Å². The van der Waals surface area contributed by atoms with Crippen LogP contribution in [0.4, 0.5) is 8.78 Å². The molecule has 2 aliphatic heterocycles. The third-order valence-corrected chi connectivity index (χ3v) is 5.67. The standard InChI is InChI=1S/C17H10F2N.C11H10N2.Ir/c18-15-8-6-13(10-16(15)19)17-9-7-14(11-20-17)12-4-2-1-3-5-12;1-2-4-10-9(3-1)5-7-13-8-6-12-11(10)13;/h1-9,11H;1-3,6,8,11H,5,7H2;/q-1;-2;+3. The molecule has 3 heterocycles. The van der Waals surface area contributed by atoms with Gasteiger partial charge in [-0.05, 0) is 29.2 Å². The van der Waals surface area contributed by atoms with Crippen LogP contribution >= 0.6 is 0 Å². The summed E-state index contributed by atoms with van der Waals surface area (Å²) in [7, 11) is 0. The van der Waals surface area contributed by atoms with E-state index in [0.717, 1.165) is 30.2 Å². The number of nitrogens with zero attached hydrogens (tertiary/aromatic N) is 3. The molecule has 1 aromatic heterocycles. The van der Waals surface area contributed by atoms with Crippen molar-refractivity contribution in [1.29, 1.82) is 0 Å². The number of aromatic nitrogens is 1. The Hall–Kier alpha value is -3.34. The summed E-state index contributed by atoms with van der Waals surface area (Å²) in [5, 5.41) is 4.41. The summed E-state index contributed by atoms with van der Waals surface area (Å²) >= 11 is 0. The van der Waals surface area contributed by atoms with Gasteiger partial charge in [-0.25, -0.2) is 4.39 Å². The summed E-state index contributed by atoms with van der Waals surface area (Å²) < 4.78 is 26.0. The fourth-order valence-corrected chi connectivity index (χ4v) is 3.96. The Morgan fingerprint density at radius 1 is 0.941 bits per heavy atom. The van der Waals surface area contributed by atoms with Crippen LogP contribution in [-0.2, 0) is 26.5 Å². The number of fused-ring (bicyclic) bond motifs is 3.